The van der Waals surface area contributed by atoms with Crippen molar-refractivity contribution < 1.29 is 16.8 Å². The fourth-order valence-corrected chi connectivity index (χ4v) is 5.64. The van der Waals surface area contributed by atoms with Gasteiger partial charge in [-0.25, -0.2) is 21.8 Å². The zero-order chi connectivity index (χ0) is 20.8. The molecule has 0 aliphatic carbocycles. The SMILES string of the molecule is Cn1ccnc1S(=O)(=O)N1CCc2cc(-c3ccc(S(C)(=O)=O)cc3)ccc2C1. The number of aromatic nitrogens is 2. The van der Waals surface area contributed by atoms with Crippen molar-refractivity contribution in [2.24, 2.45) is 7.05 Å². The van der Waals surface area contributed by atoms with E-state index < -0.39 is 19.9 Å². The molecule has 0 unspecified atom stereocenters. The molecule has 1 aromatic heterocycles. The van der Waals surface area contributed by atoms with Crippen LogP contribution in [0.1, 0.15) is 11.1 Å². The van der Waals surface area contributed by atoms with Gasteiger partial charge in [0.1, 0.15) is 0 Å². The third-order valence-corrected chi connectivity index (χ3v) is 8.12. The number of hydrogen-bond acceptors (Lipinski definition) is 5. The standard InChI is InChI=1S/C20H21N3O4S2/c1-22-12-10-21-20(22)29(26,27)23-11-9-17-13-16(3-4-18(17)14-23)15-5-7-19(8-6-15)28(2,24)25/h3-8,10,12-13H,9,11,14H2,1-2H3. The Bertz CT molecular complexity index is 1280. The second-order valence-electron chi connectivity index (χ2n) is 7.19. The van der Waals surface area contributed by atoms with Gasteiger partial charge in [-0.3, -0.25) is 0 Å². The molecular formula is C20H21N3O4S2. The summed E-state index contributed by atoms with van der Waals surface area (Å²) in [5.41, 5.74) is 3.96. The second kappa shape index (κ2) is 7.08. The predicted molar refractivity (Wildman–Crippen MR) is 109 cm³/mol. The molecule has 29 heavy (non-hydrogen) atoms. The van der Waals surface area contributed by atoms with Crippen LogP contribution < -0.4 is 0 Å². The van der Waals surface area contributed by atoms with Crippen LogP contribution in [0.4, 0.5) is 0 Å². The van der Waals surface area contributed by atoms with Gasteiger partial charge in [0.15, 0.2) is 9.84 Å². The summed E-state index contributed by atoms with van der Waals surface area (Å²) in [5, 5.41) is 0.0449. The van der Waals surface area contributed by atoms with Gasteiger partial charge in [-0.05, 0) is 40.8 Å². The van der Waals surface area contributed by atoms with Crippen LogP contribution in [-0.2, 0) is 39.9 Å². The van der Waals surface area contributed by atoms with Crippen molar-refractivity contribution in [3.05, 3.63) is 66.0 Å². The molecule has 9 heteroatoms. The van der Waals surface area contributed by atoms with Crippen molar-refractivity contribution >= 4 is 19.9 Å². The van der Waals surface area contributed by atoms with Crippen LogP contribution in [0.25, 0.3) is 11.1 Å². The molecule has 0 saturated carbocycles. The van der Waals surface area contributed by atoms with Gasteiger partial charge < -0.3 is 4.57 Å². The molecular weight excluding hydrogens is 410 g/mol. The molecule has 0 bridgehead atoms. The van der Waals surface area contributed by atoms with Crippen molar-refractivity contribution in [3.63, 3.8) is 0 Å². The third-order valence-electron chi connectivity index (χ3n) is 5.15. The molecule has 2 heterocycles. The Morgan fingerprint density at radius 3 is 2.24 bits per heavy atom. The lowest BCUT2D eigenvalue weighted by atomic mass is 9.95. The van der Waals surface area contributed by atoms with Crippen molar-refractivity contribution in [2.75, 3.05) is 12.8 Å². The van der Waals surface area contributed by atoms with E-state index in [4.69, 9.17) is 0 Å². The highest BCUT2D eigenvalue weighted by molar-refractivity contribution is 7.90. The summed E-state index contributed by atoms with van der Waals surface area (Å²) in [5.74, 6) is 0. The van der Waals surface area contributed by atoms with Gasteiger partial charge >= 0.3 is 0 Å². The number of nitrogens with zero attached hydrogens (tertiary/aromatic N) is 3. The lowest BCUT2D eigenvalue weighted by Gasteiger charge is -2.28. The molecule has 4 rings (SSSR count). The minimum absolute atomic E-state index is 0.0449. The summed E-state index contributed by atoms with van der Waals surface area (Å²) in [7, 11) is -5.21. The molecule has 1 aliphatic heterocycles. The van der Waals surface area contributed by atoms with Crippen LogP contribution in [0, 0.1) is 0 Å². The number of aryl methyl sites for hydroxylation is 1. The van der Waals surface area contributed by atoms with Gasteiger partial charge in [-0.1, -0.05) is 30.3 Å². The predicted octanol–water partition coefficient (Wildman–Crippen LogP) is 2.24. The maximum atomic E-state index is 12.9. The first-order valence-electron chi connectivity index (χ1n) is 9.06. The monoisotopic (exact) mass is 431 g/mol. The van der Waals surface area contributed by atoms with Crippen LogP contribution >= 0.6 is 0 Å². The van der Waals surface area contributed by atoms with E-state index in [0.717, 1.165) is 22.3 Å². The zero-order valence-electron chi connectivity index (χ0n) is 16.1. The first-order chi connectivity index (χ1) is 13.7. The Labute approximate surface area is 170 Å². The van der Waals surface area contributed by atoms with Crippen molar-refractivity contribution in [3.8, 4) is 11.1 Å². The van der Waals surface area contributed by atoms with E-state index in [1.165, 1.54) is 21.3 Å². The Balaban J connectivity index is 1.60. The number of rotatable bonds is 4. The molecule has 0 radical (unpaired) electrons. The third kappa shape index (κ3) is 3.73. The first-order valence-corrected chi connectivity index (χ1v) is 12.4. The highest BCUT2D eigenvalue weighted by atomic mass is 32.2. The average Bonchev–Trinajstić information content (AvgIpc) is 3.13. The lowest BCUT2D eigenvalue weighted by molar-refractivity contribution is 0.385. The maximum Gasteiger partial charge on any atom is 0.277 e. The van der Waals surface area contributed by atoms with Crippen LogP contribution in [0.3, 0.4) is 0 Å². The van der Waals surface area contributed by atoms with E-state index in [1.807, 2.05) is 12.1 Å². The van der Waals surface area contributed by atoms with E-state index in [0.29, 0.717) is 19.5 Å². The number of benzene rings is 2. The number of imidazole rings is 1. The Morgan fingerprint density at radius 2 is 1.62 bits per heavy atom. The molecule has 1 aliphatic rings. The van der Waals surface area contributed by atoms with Gasteiger partial charge in [-0.2, -0.15) is 4.31 Å². The number of hydrogen-bond donors (Lipinski definition) is 0. The Morgan fingerprint density at radius 1 is 0.931 bits per heavy atom. The van der Waals surface area contributed by atoms with Crippen LogP contribution in [0.5, 0.6) is 0 Å². The molecule has 0 fully saturated rings. The number of sulfonamides is 1. The van der Waals surface area contributed by atoms with Gasteiger partial charge in [-0.15, -0.1) is 0 Å². The fraction of sp³-hybridized carbons (Fsp3) is 0.250. The molecule has 152 valence electrons. The minimum atomic E-state index is -3.64. The van der Waals surface area contributed by atoms with E-state index >= 15 is 0 Å². The van der Waals surface area contributed by atoms with Crippen LogP contribution in [-0.4, -0.2) is 43.5 Å². The zero-order valence-corrected chi connectivity index (χ0v) is 17.7. The largest absolute Gasteiger partial charge is 0.324 e. The molecule has 0 amide bonds. The van der Waals surface area contributed by atoms with E-state index in [2.05, 4.69) is 11.1 Å². The molecule has 0 saturated heterocycles. The fourth-order valence-electron chi connectivity index (χ4n) is 3.52. The smallest absolute Gasteiger partial charge is 0.277 e. The summed E-state index contributed by atoms with van der Waals surface area (Å²) in [4.78, 5) is 4.27. The quantitative estimate of drug-likeness (QED) is 0.632. The van der Waals surface area contributed by atoms with Gasteiger partial charge in [0, 0.05) is 38.8 Å². The minimum Gasteiger partial charge on any atom is -0.324 e. The molecule has 0 atom stereocenters. The molecule has 7 nitrogen and oxygen atoms in total. The van der Waals surface area contributed by atoms with E-state index in [1.54, 1.807) is 37.5 Å². The normalized spacial score (nSPS) is 15.2. The van der Waals surface area contributed by atoms with Crippen molar-refractivity contribution in [1.82, 2.24) is 13.9 Å². The van der Waals surface area contributed by atoms with Crippen LogP contribution in [0.2, 0.25) is 0 Å². The van der Waals surface area contributed by atoms with Gasteiger partial charge in [0.2, 0.25) is 5.16 Å². The Kier molecular flexibility index (Phi) is 4.84. The van der Waals surface area contributed by atoms with Gasteiger partial charge in [0.05, 0.1) is 4.90 Å². The summed E-state index contributed by atoms with van der Waals surface area (Å²) in [6, 6.07) is 12.7. The summed E-state index contributed by atoms with van der Waals surface area (Å²) in [6.07, 6.45) is 4.89. The molecule has 3 aromatic rings. The molecule has 2 aromatic carbocycles. The topological polar surface area (TPSA) is 89.3 Å². The summed E-state index contributed by atoms with van der Waals surface area (Å²) < 4.78 is 52.0. The second-order valence-corrected chi connectivity index (χ2v) is 11.0. The first kappa shape index (κ1) is 19.8. The molecule has 0 N–H and O–H groups in total. The summed E-state index contributed by atoms with van der Waals surface area (Å²) >= 11 is 0. The Hall–Kier alpha value is -2.49. The number of sulfone groups is 1. The van der Waals surface area contributed by atoms with Crippen molar-refractivity contribution in [1.29, 1.82) is 0 Å². The van der Waals surface area contributed by atoms with E-state index in [-0.39, 0.29) is 10.1 Å². The van der Waals surface area contributed by atoms with Crippen molar-refractivity contribution in [2.45, 2.75) is 23.0 Å². The highest BCUT2D eigenvalue weighted by Crippen LogP contribution is 2.29. The van der Waals surface area contributed by atoms with E-state index in [9.17, 15) is 16.8 Å². The average molecular weight is 432 g/mol. The molecule has 0 spiro atoms. The lowest BCUT2D eigenvalue weighted by Crippen LogP contribution is -2.37. The summed E-state index contributed by atoms with van der Waals surface area (Å²) in [6.45, 7) is 0.691. The number of fused-ring (bicyclic) bond motifs is 1. The van der Waals surface area contributed by atoms with Crippen LogP contribution in [0.15, 0.2) is 64.9 Å². The maximum absolute atomic E-state index is 12.9. The van der Waals surface area contributed by atoms with Gasteiger partial charge in [0.25, 0.3) is 10.0 Å². The highest BCUT2D eigenvalue weighted by Gasteiger charge is 2.31.